The third-order valence-corrected chi connectivity index (χ3v) is 5.23. The number of benzene rings is 2. The number of carbonyl (C=O) groups is 1. The van der Waals surface area contributed by atoms with E-state index in [2.05, 4.69) is 41.4 Å². The first-order valence-electron chi connectivity index (χ1n) is 8.14. The van der Waals surface area contributed by atoms with Gasteiger partial charge in [-0.05, 0) is 36.4 Å². The molecule has 2 heterocycles. The van der Waals surface area contributed by atoms with Crippen LogP contribution in [0.25, 0.3) is 22.3 Å². The molecule has 0 aliphatic rings. The molecule has 0 bridgehead atoms. The van der Waals surface area contributed by atoms with Gasteiger partial charge in [-0.15, -0.1) is 10.2 Å². The SMILES string of the molecule is O=C(CSc1ccc(-c2ccc(Br)cc2)nn1)Nc1nc2ccccc2[nH]1. The van der Waals surface area contributed by atoms with Gasteiger partial charge in [-0.25, -0.2) is 4.98 Å². The smallest absolute Gasteiger partial charge is 0.237 e. The number of rotatable bonds is 5. The molecule has 2 N–H and O–H groups in total. The van der Waals surface area contributed by atoms with Crippen LogP contribution in [0.15, 0.2) is 70.2 Å². The van der Waals surface area contributed by atoms with Crippen molar-refractivity contribution in [1.82, 2.24) is 20.2 Å². The highest BCUT2D eigenvalue weighted by molar-refractivity contribution is 9.10. The van der Waals surface area contributed by atoms with Gasteiger partial charge in [0.25, 0.3) is 0 Å². The van der Waals surface area contributed by atoms with Gasteiger partial charge >= 0.3 is 0 Å². The van der Waals surface area contributed by atoms with E-state index in [0.29, 0.717) is 11.0 Å². The van der Waals surface area contributed by atoms with E-state index in [4.69, 9.17) is 0 Å². The summed E-state index contributed by atoms with van der Waals surface area (Å²) in [4.78, 5) is 19.5. The molecule has 0 saturated heterocycles. The second-order valence-electron chi connectivity index (χ2n) is 5.70. The summed E-state index contributed by atoms with van der Waals surface area (Å²) < 4.78 is 1.02. The Hall–Kier alpha value is -2.71. The van der Waals surface area contributed by atoms with Gasteiger partial charge in [-0.3, -0.25) is 10.1 Å². The third-order valence-electron chi connectivity index (χ3n) is 3.78. The summed E-state index contributed by atoms with van der Waals surface area (Å²) in [6.07, 6.45) is 0. The third kappa shape index (κ3) is 4.35. The number of hydrogen-bond acceptors (Lipinski definition) is 5. The molecule has 1 amide bonds. The highest BCUT2D eigenvalue weighted by Gasteiger charge is 2.09. The molecule has 4 aromatic rings. The predicted octanol–water partition coefficient (Wildman–Crippen LogP) is 4.51. The molecule has 0 unspecified atom stereocenters. The summed E-state index contributed by atoms with van der Waals surface area (Å²) in [5, 5.41) is 11.9. The van der Waals surface area contributed by atoms with Gasteiger partial charge in [0, 0.05) is 10.0 Å². The Balaban J connectivity index is 1.35. The van der Waals surface area contributed by atoms with Crippen molar-refractivity contribution in [3.8, 4) is 11.3 Å². The van der Waals surface area contributed by atoms with Crippen LogP contribution >= 0.6 is 27.7 Å². The summed E-state index contributed by atoms with van der Waals surface area (Å²) >= 11 is 4.74. The topological polar surface area (TPSA) is 83.6 Å². The molecule has 2 aromatic heterocycles. The van der Waals surface area contributed by atoms with Gasteiger partial charge in [-0.2, -0.15) is 0 Å². The molecule has 2 aromatic carbocycles. The zero-order chi connectivity index (χ0) is 18.6. The monoisotopic (exact) mass is 439 g/mol. The summed E-state index contributed by atoms with van der Waals surface area (Å²) in [6.45, 7) is 0. The quantitative estimate of drug-likeness (QED) is 0.446. The Morgan fingerprint density at radius 1 is 1.04 bits per heavy atom. The molecule has 8 heteroatoms. The molecule has 0 aliphatic carbocycles. The predicted molar refractivity (Wildman–Crippen MR) is 111 cm³/mol. The van der Waals surface area contributed by atoms with E-state index in [1.54, 1.807) is 0 Å². The van der Waals surface area contributed by atoms with Crippen molar-refractivity contribution < 1.29 is 4.79 Å². The molecular formula is C19H14BrN5OS. The first-order chi connectivity index (χ1) is 13.2. The van der Waals surface area contributed by atoms with Crippen LogP contribution in [0.5, 0.6) is 0 Å². The lowest BCUT2D eigenvalue weighted by atomic mass is 10.1. The Kier molecular flexibility index (Phi) is 5.17. The van der Waals surface area contributed by atoms with E-state index in [-0.39, 0.29) is 11.7 Å². The molecule has 0 spiro atoms. The maximum Gasteiger partial charge on any atom is 0.237 e. The zero-order valence-corrected chi connectivity index (χ0v) is 16.4. The molecule has 0 saturated carbocycles. The number of nitrogens with one attached hydrogen (secondary N) is 2. The molecule has 27 heavy (non-hydrogen) atoms. The zero-order valence-electron chi connectivity index (χ0n) is 14.0. The van der Waals surface area contributed by atoms with E-state index in [1.165, 1.54) is 11.8 Å². The largest absolute Gasteiger partial charge is 0.324 e. The van der Waals surface area contributed by atoms with Crippen LogP contribution < -0.4 is 5.32 Å². The van der Waals surface area contributed by atoms with Crippen LogP contribution in [0, 0.1) is 0 Å². The number of imidazole rings is 1. The van der Waals surface area contributed by atoms with Gasteiger partial charge in [0.15, 0.2) is 0 Å². The first-order valence-corrected chi connectivity index (χ1v) is 9.92. The Morgan fingerprint density at radius 2 is 1.85 bits per heavy atom. The van der Waals surface area contributed by atoms with E-state index in [9.17, 15) is 4.79 Å². The summed E-state index contributed by atoms with van der Waals surface area (Å²) in [7, 11) is 0. The van der Waals surface area contributed by atoms with Crippen LogP contribution in [0.1, 0.15) is 0 Å². The number of carbonyl (C=O) groups excluding carboxylic acids is 1. The van der Waals surface area contributed by atoms with Gasteiger partial charge in [0.2, 0.25) is 11.9 Å². The van der Waals surface area contributed by atoms with Crippen molar-refractivity contribution in [1.29, 1.82) is 0 Å². The number of aromatic amines is 1. The number of halogens is 1. The number of amides is 1. The van der Waals surface area contributed by atoms with Gasteiger partial charge in [0.1, 0.15) is 5.03 Å². The first kappa shape index (κ1) is 17.7. The molecular weight excluding hydrogens is 426 g/mol. The average Bonchev–Trinajstić information content (AvgIpc) is 3.09. The standard InChI is InChI=1S/C19H14BrN5OS/c20-13-7-5-12(6-8-13)14-9-10-18(25-24-14)27-11-17(26)23-19-21-15-3-1-2-4-16(15)22-19/h1-10H,11H2,(H2,21,22,23,26). The number of fused-ring (bicyclic) bond motifs is 1. The van der Waals surface area contributed by atoms with E-state index < -0.39 is 0 Å². The van der Waals surface area contributed by atoms with E-state index >= 15 is 0 Å². The number of H-pyrrole nitrogens is 1. The fourth-order valence-electron chi connectivity index (χ4n) is 2.49. The van der Waals surface area contributed by atoms with Crippen molar-refractivity contribution in [2.45, 2.75) is 5.03 Å². The molecule has 6 nitrogen and oxygen atoms in total. The minimum Gasteiger partial charge on any atom is -0.324 e. The van der Waals surface area contributed by atoms with Crippen molar-refractivity contribution in [2.75, 3.05) is 11.1 Å². The van der Waals surface area contributed by atoms with Crippen LogP contribution in [0.4, 0.5) is 5.95 Å². The van der Waals surface area contributed by atoms with Gasteiger partial charge < -0.3 is 4.98 Å². The Morgan fingerprint density at radius 3 is 2.59 bits per heavy atom. The minimum atomic E-state index is -0.155. The van der Waals surface area contributed by atoms with Crippen molar-refractivity contribution in [3.63, 3.8) is 0 Å². The van der Waals surface area contributed by atoms with Gasteiger partial charge in [-0.1, -0.05) is 52.0 Å². The summed E-state index contributed by atoms with van der Waals surface area (Å²) in [5.74, 6) is 0.514. The van der Waals surface area contributed by atoms with Crippen LogP contribution in [0.2, 0.25) is 0 Å². The summed E-state index contributed by atoms with van der Waals surface area (Å²) in [6, 6.07) is 19.3. The number of para-hydroxylation sites is 2. The van der Waals surface area contributed by atoms with Crippen molar-refractivity contribution in [3.05, 3.63) is 65.1 Å². The molecule has 4 rings (SSSR count). The van der Waals surface area contributed by atoms with Gasteiger partial charge in [0.05, 0.1) is 22.5 Å². The average molecular weight is 440 g/mol. The molecule has 134 valence electrons. The normalized spacial score (nSPS) is 10.9. The molecule has 0 aliphatic heterocycles. The molecule has 0 atom stereocenters. The fourth-order valence-corrected chi connectivity index (χ4v) is 3.37. The number of nitrogens with zero attached hydrogens (tertiary/aromatic N) is 3. The van der Waals surface area contributed by atoms with Crippen LogP contribution in [-0.2, 0) is 4.79 Å². The van der Waals surface area contributed by atoms with Crippen molar-refractivity contribution in [2.24, 2.45) is 0 Å². The number of aromatic nitrogens is 4. The maximum absolute atomic E-state index is 12.1. The highest BCUT2D eigenvalue weighted by Crippen LogP contribution is 2.22. The maximum atomic E-state index is 12.1. The fraction of sp³-hybridized carbons (Fsp3) is 0.0526. The summed E-state index contributed by atoms with van der Waals surface area (Å²) in [5.41, 5.74) is 3.48. The van der Waals surface area contributed by atoms with E-state index in [0.717, 1.165) is 26.8 Å². The molecule has 0 radical (unpaired) electrons. The lowest BCUT2D eigenvalue weighted by Gasteiger charge is -2.03. The number of hydrogen-bond donors (Lipinski definition) is 2. The van der Waals surface area contributed by atoms with E-state index in [1.807, 2.05) is 60.7 Å². The highest BCUT2D eigenvalue weighted by atomic mass is 79.9. The Labute approximate surface area is 167 Å². The van der Waals surface area contributed by atoms with Crippen molar-refractivity contribution >= 4 is 50.6 Å². The molecule has 0 fully saturated rings. The van der Waals surface area contributed by atoms with Crippen LogP contribution in [0.3, 0.4) is 0 Å². The Bertz CT molecular complexity index is 1050. The lowest BCUT2D eigenvalue weighted by Crippen LogP contribution is -2.15. The second kappa shape index (κ2) is 7.89. The lowest BCUT2D eigenvalue weighted by molar-refractivity contribution is -0.113. The van der Waals surface area contributed by atoms with Crippen LogP contribution in [-0.4, -0.2) is 31.8 Å². The second-order valence-corrected chi connectivity index (χ2v) is 7.61. The minimum absolute atomic E-state index is 0.155. The number of thioether (sulfide) groups is 1. The number of anilines is 1.